The van der Waals surface area contributed by atoms with Crippen molar-refractivity contribution >= 4 is 27.5 Å². The number of pyridine rings is 1. The van der Waals surface area contributed by atoms with E-state index in [0.717, 1.165) is 5.56 Å². The first-order valence-corrected chi connectivity index (χ1v) is 6.24. The van der Waals surface area contributed by atoms with Gasteiger partial charge in [-0.15, -0.1) is 0 Å². The van der Waals surface area contributed by atoms with E-state index >= 15 is 0 Å². The van der Waals surface area contributed by atoms with Crippen LogP contribution in [0.4, 0.5) is 4.39 Å². The lowest BCUT2D eigenvalue weighted by molar-refractivity contribution is 0.455. The highest BCUT2D eigenvalue weighted by atomic mass is 79.9. The first-order valence-electron chi connectivity index (χ1n) is 5.07. The number of nitrogens with two attached hydrogens (primary N) is 1. The smallest absolute Gasteiger partial charge is 0.238 e. The molecule has 0 amide bonds. The van der Waals surface area contributed by atoms with Crippen LogP contribution in [0.2, 0.25) is 5.02 Å². The Bertz CT molecular complexity index is 580. The average Bonchev–Trinajstić information content (AvgIpc) is 2.36. The highest BCUT2D eigenvalue weighted by molar-refractivity contribution is 9.10. The van der Waals surface area contributed by atoms with E-state index < -0.39 is 5.82 Å². The standard InChI is InChI=1S/C12H9BrClFN2O/c13-9-2-1-8(15)4-11(9)18-12-10(14)3-7(5-16)6-17-12/h1-4,6H,5,16H2. The van der Waals surface area contributed by atoms with Gasteiger partial charge >= 0.3 is 0 Å². The van der Waals surface area contributed by atoms with Crippen LogP contribution in [0.3, 0.4) is 0 Å². The molecular weight excluding hydrogens is 323 g/mol. The van der Waals surface area contributed by atoms with Gasteiger partial charge in [-0.3, -0.25) is 0 Å². The number of benzene rings is 1. The van der Waals surface area contributed by atoms with Crippen molar-refractivity contribution in [2.24, 2.45) is 5.73 Å². The van der Waals surface area contributed by atoms with Crippen molar-refractivity contribution in [3.8, 4) is 11.6 Å². The van der Waals surface area contributed by atoms with E-state index in [1.165, 1.54) is 12.1 Å². The predicted octanol–water partition coefficient (Wildman–Crippen LogP) is 3.89. The van der Waals surface area contributed by atoms with Gasteiger partial charge in [-0.05, 0) is 39.7 Å². The summed E-state index contributed by atoms with van der Waals surface area (Å²) in [5.74, 6) is 0.118. The fourth-order valence-corrected chi connectivity index (χ4v) is 1.87. The van der Waals surface area contributed by atoms with Crippen LogP contribution in [0, 0.1) is 5.82 Å². The largest absolute Gasteiger partial charge is 0.436 e. The molecule has 0 bridgehead atoms. The van der Waals surface area contributed by atoms with Crippen molar-refractivity contribution in [3.63, 3.8) is 0 Å². The van der Waals surface area contributed by atoms with Gasteiger partial charge in [-0.2, -0.15) is 0 Å². The highest BCUT2D eigenvalue weighted by Crippen LogP contribution is 2.32. The summed E-state index contributed by atoms with van der Waals surface area (Å²) < 4.78 is 19.2. The van der Waals surface area contributed by atoms with Crippen LogP contribution in [0.5, 0.6) is 11.6 Å². The number of hydrogen-bond acceptors (Lipinski definition) is 3. The van der Waals surface area contributed by atoms with Gasteiger partial charge in [0.1, 0.15) is 16.6 Å². The molecule has 0 aliphatic carbocycles. The summed E-state index contributed by atoms with van der Waals surface area (Å²) in [5, 5.41) is 0.328. The summed E-state index contributed by atoms with van der Waals surface area (Å²) in [6, 6.07) is 5.78. The lowest BCUT2D eigenvalue weighted by Crippen LogP contribution is -1.98. The second-order valence-corrected chi connectivity index (χ2v) is 4.77. The molecule has 2 aromatic rings. The van der Waals surface area contributed by atoms with Crippen LogP contribution in [0.15, 0.2) is 34.9 Å². The third kappa shape index (κ3) is 2.98. The van der Waals surface area contributed by atoms with Gasteiger partial charge in [0, 0.05) is 18.8 Å². The zero-order valence-corrected chi connectivity index (χ0v) is 11.5. The SMILES string of the molecule is NCc1cnc(Oc2cc(F)ccc2Br)c(Cl)c1. The van der Waals surface area contributed by atoms with Gasteiger partial charge in [-0.25, -0.2) is 9.37 Å². The summed E-state index contributed by atoms with van der Waals surface area (Å²) in [4.78, 5) is 4.04. The molecule has 94 valence electrons. The molecule has 1 heterocycles. The fourth-order valence-electron chi connectivity index (χ4n) is 1.31. The van der Waals surface area contributed by atoms with Gasteiger partial charge in [0.25, 0.3) is 0 Å². The molecule has 0 aliphatic rings. The Morgan fingerprint density at radius 1 is 1.39 bits per heavy atom. The minimum Gasteiger partial charge on any atom is -0.436 e. The van der Waals surface area contributed by atoms with Crippen molar-refractivity contribution in [1.29, 1.82) is 0 Å². The first kappa shape index (κ1) is 13.3. The van der Waals surface area contributed by atoms with Crippen LogP contribution in [0.1, 0.15) is 5.56 Å². The van der Waals surface area contributed by atoms with E-state index in [0.29, 0.717) is 21.8 Å². The normalized spacial score (nSPS) is 10.4. The number of hydrogen-bond donors (Lipinski definition) is 1. The van der Waals surface area contributed by atoms with Crippen molar-refractivity contribution in [2.75, 3.05) is 0 Å². The average molecular weight is 332 g/mol. The van der Waals surface area contributed by atoms with Gasteiger partial charge in [0.05, 0.1) is 4.47 Å². The second-order valence-electron chi connectivity index (χ2n) is 3.51. The third-order valence-corrected chi connectivity index (χ3v) is 3.13. The topological polar surface area (TPSA) is 48.1 Å². The Kier molecular flexibility index (Phi) is 4.16. The molecule has 2 N–H and O–H groups in total. The molecule has 0 aliphatic heterocycles. The van der Waals surface area contributed by atoms with Crippen molar-refractivity contribution in [2.45, 2.75) is 6.54 Å². The van der Waals surface area contributed by atoms with Crippen molar-refractivity contribution < 1.29 is 9.13 Å². The van der Waals surface area contributed by atoms with Crippen LogP contribution in [-0.4, -0.2) is 4.98 Å². The molecule has 6 heteroatoms. The van der Waals surface area contributed by atoms with E-state index in [2.05, 4.69) is 20.9 Å². The van der Waals surface area contributed by atoms with Crippen LogP contribution < -0.4 is 10.5 Å². The monoisotopic (exact) mass is 330 g/mol. The predicted molar refractivity (Wildman–Crippen MR) is 71.3 cm³/mol. The molecule has 0 fully saturated rings. The summed E-state index contributed by atoms with van der Waals surface area (Å²) in [7, 11) is 0. The fraction of sp³-hybridized carbons (Fsp3) is 0.0833. The summed E-state index contributed by atoms with van der Waals surface area (Å²) >= 11 is 9.26. The molecular formula is C12H9BrClFN2O. The molecule has 0 spiro atoms. The molecule has 18 heavy (non-hydrogen) atoms. The number of rotatable bonds is 3. The maximum absolute atomic E-state index is 13.1. The molecule has 1 aromatic heterocycles. The van der Waals surface area contributed by atoms with Gasteiger partial charge in [-0.1, -0.05) is 11.6 Å². The Balaban J connectivity index is 2.31. The summed E-state index contributed by atoms with van der Waals surface area (Å²) in [6.07, 6.45) is 1.56. The van der Waals surface area contributed by atoms with E-state index in [1.807, 2.05) is 0 Å². The Labute approximate surface area is 117 Å². The maximum atomic E-state index is 13.1. The molecule has 3 nitrogen and oxygen atoms in total. The number of ether oxygens (including phenoxy) is 1. The molecule has 0 saturated carbocycles. The minimum absolute atomic E-state index is 0.208. The van der Waals surface area contributed by atoms with Crippen LogP contribution in [0.25, 0.3) is 0 Å². The zero-order valence-electron chi connectivity index (χ0n) is 9.16. The highest BCUT2D eigenvalue weighted by Gasteiger charge is 2.09. The van der Waals surface area contributed by atoms with E-state index in [9.17, 15) is 4.39 Å². The third-order valence-electron chi connectivity index (χ3n) is 2.20. The van der Waals surface area contributed by atoms with E-state index in [1.54, 1.807) is 18.3 Å². The maximum Gasteiger partial charge on any atom is 0.238 e. The minimum atomic E-state index is -0.400. The molecule has 0 saturated heterocycles. The molecule has 2 rings (SSSR count). The van der Waals surface area contributed by atoms with Gasteiger partial charge in [0.15, 0.2) is 0 Å². The zero-order chi connectivity index (χ0) is 13.1. The lowest BCUT2D eigenvalue weighted by atomic mass is 10.3. The number of halogens is 3. The number of nitrogens with zero attached hydrogens (tertiary/aromatic N) is 1. The van der Waals surface area contributed by atoms with E-state index in [4.69, 9.17) is 22.1 Å². The summed E-state index contributed by atoms with van der Waals surface area (Å²) in [6.45, 7) is 0.344. The Hall–Kier alpha value is -1.17. The van der Waals surface area contributed by atoms with Crippen molar-refractivity contribution in [3.05, 3.63) is 51.3 Å². The van der Waals surface area contributed by atoms with Crippen molar-refractivity contribution in [1.82, 2.24) is 4.98 Å². The van der Waals surface area contributed by atoms with Gasteiger partial charge in [0.2, 0.25) is 5.88 Å². The van der Waals surface area contributed by atoms with Gasteiger partial charge < -0.3 is 10.5 Å². The Morgan fingerprint density at radius 3 is 2.83 bits per heavy atom. The molecule has 0 unspecified atom stereocenters. The van der Waals surface area contributed by atoms with E-state index in [-0.39, 0.29) is 5.88 Å². The lowest BCUT2D eigenvalue weighted by Gasteiger charge is -2.09. The number of aromatic nitrogens is 1. The van der Waals surface area contributed by atoms with Crippen LogP contribution in [-0.2, 0) is 6.54 Å². The second kappa shape index (κ2) is 5.65. The Morgan fingerprint density at radius 2 is 2.17 bits per heavy atom. The molecule has 0 radical (unpaired) electrons. The van der Waals surface area contributed by atoms with Crippen LogP contribution >= 0.6 is 27.5 Å². The first-order chi connectivity index (χ1) is 8.60. The quantitative estimate of drug-likeness (QED) is 0.928. The molecule has 0 atom stereocenters. The molecule has 1 aromatic carbocycles. The summed E-state index contributed by atoms with van der Waals surface area (Å²) in [5.41, 5.74) is 6.27.